The predicted molar refractivity (Wildman–Crippen MR) is 111 cm³/mol. The van der Waals surface area contributed by atoms with E-state index in [4.69, 9.17) is 10.2 Å². The van der Waals surface area contributed by atoms with Gasteiger partial charge in [-0.15, -0.1) is 5.10 Å². The van der Waals surface area contributed by atoms with Crippen LogP contribution in [-0.2, 0) is 4.79 Å². The molecule has 1 aliphatic carbocycles. The van der Waals surface area contributed by atoms with Crippen LogP contribution in [0.2, 0.25) is 0 Å². The van der Waals surface area contributed by atoms with Crippen LogP contribution in [0.5, 0.6) is 0 Å². The number of carbonyl (C=O) groups is 1. The molecule has 3 aromatic heterocycles. The molecular weight excluding hydrogens is 380 g/mol. The largest absolute Gasteiger partial charge is 0.469 e. The molecular formula is C22H18N6O2. The minimum absolute atomic E-state index is 0.0135. The number of hydrogen-bond donors (Lipinski definition) is 2. The monoisotopic (exact) mass is 398 g/mol. The number of rotatable bonds is 2. The average Bonchev–Trinajstić information content (AvgIpc) is 3.41. The lowest BCUT2D eigenvalue weighted by molar-refractivity contribution is -0.116. The number of ketones is 1. The smallest absolute Gasteiger partial charge is 0.241 e. The summed E-state index contributed by atoms with van der Waals surface area (Å²) in [6.45, 7) is 0. The normalized spacial score (nSPS) is 20.7. The van der Waals surface area contributed by atoms with Gasteiger partial charge in [0.1, 0.15) is 11.8 Å². The molecule has 1 aliphatic heterocycles. The summed E-state index contributed by atoms with van der Waals surface area (Å²) in [6.07, 6.45) is 4.44. The Kier molecular flexibility index (Phi) is 3.55. The molecule has 0 saturated heterocycles. The zero-order chi connectivity index (χ0) is 20.2. The van der Waals surface area contributed by atoms with E-state index in [1.807, 2.05) is 42.5 Å². The summed E-state index contributed by atoms with van der Waals surface area (Å²) < 4.78 is 7.29. The Morgan fingerprint density at radius 3 is 2.90 bits per heavy atom. The van der Waals surface area contributed by atoms with Crippen LogP contribution in [0.4, 0.5) is 11.9 Å². The van der Waals surface area contributed by atoms with Crippen LogP contribution in [-0.4, -0.2) is 25.5 Å². The van der Waals surface area contributed by atoms with Gasteiger partial charge < -0.3 is 15.5 Å². The van der Waals surface area contributed by atoms with E-state index in [0.29, 0.717) is 24.4 Å². The number of benzene rings is 1. The van der Waals surface area contributed by atoms with Gasteiger partial charge in [0.25, 0.3) is 0 Å². The highest BCUT2D eigenvalue weighted by Crippen LogP contribution is 2.45. The molecule has 2 aliphatic rings. The number of carbonyl (C=O) groups excluding carboxylic acids is 1. The summed E-state index contributed by atoms with van der Waals surface area (Å²) in [4.78, 5) is 22.2. The van der Waals surface area contributed by atoms with Crippen LogP contribution < -0.4 is 11.1 Å². The van der Waals surface area contributed by atoms with Crippen LogP contribution in [0, 0.1) is 0 Å². The Morgan fingerprint density at radius 2 is 2.03 bits per heavy atom. The number of nitrogens with one attached hydrogen (secondary N) is 1. The Bertz CT molecular complexity index is 1320. The van der Waals surface area contributed by atoms with Crippen molar-refractivity contribution in [2.75, 3.05) is 11.1 Å². The standard InChI is InChI=1S/C22H18N6O2/c23-21-26-22-25-16-10-12(18-6-3-9-30-18)11-17(29)19(16)20(28(22)27-21)14-7-8-24-15-5-2-1-4-13(14)15/h1-9,12,20H,10-11H2,(H3,23,25,26,27)/t12-,20+/m0/s1. The predicted octanol–water partition coefficient (Wildman–Crippen LogP) is 3.42. The summed E-state index contributed by atoms with van der Waals surface area (Å²) in [7, 11) is 0. The maximum Gasteiger partial charge on any atom is 0.241 e. The van der Waals surface area contributed by atoms with Gasteiger partial charge in [0.05, 0.1) is 11.8 Å². The van der Waals surface area contributed by atoms with E-state index in [1.165, 1.54) is 0 Å². The van der Waals surface area contributed by atoms with E-state index in [1.54, 1.807) is 17.1 Å². The number of fused-ring (bicyclic) bond motifs is 2. The molecule has 8 heteroatoms. The van der Waals surface area contributed by atoms with E-state index in [9.17, 15) is 4.79 Å². The Labute approximate surface area is 171 Å². The minimum Gasteiger partial charge on any atom is -0.469 e. The van der Waals surface area contributed by atoms with Crippen molar-refractivity contribution in [2.45, 2.75) is 24.8 Å². The second-order valence-corrected chi connectivity index (χ2v) is 7.62. The summed E-state index contributed by atoms with van der Waals surface area (Å²) in [6, 6.07) is 13.2. The maximum absolute atomic E-state index is 13.4. The van der Waals surface area contributed by atoms with Crippen LogP contribution >= 0.6 is 0 Å². The summed E-state index contributed by atoms with van der Waals surface area (Å²) in [5.74, 6) is 1.56. The maximum atomic E-state index is 13.4. The van der Waals surface area contributed by atoms with Gasteiger partial charge >= 0.3 is 0 Å². The first-order valence-electron chi connectivity index (χ1n) is 9.81. The molecule has 148 valence electrons. The Hall–Kier alpha value is -3.94. The highest BCUT2D eigenvalue weighted by Gasteiger charge is 2.40. The molecule has 0 radical (unpaired) electrons. The van der Waals surface area contributed by atoms with Crippen LogP contribution in [0.15, 0.2) is 70.6 Å². The lowest BCUT2D eigenvalue weighted by atomic mass is 9.79. The highest BCUT2D eigenvalue weighted by molar-refractivity contribution is 6.01. The summed E-state index contributed by atoms with van der Waals surface area (Å²) in [5, 5.41) is 8.68. The number of pyridine rings is 1. The molecule has 3 N–H and O–H groups in total. The SMILES string of the molecule is Nc1nc2n(n1)[C@H](c1ccnc3ccccc13)C1=C(C[C@H](c3ccco3)CC1=O)N2. The molecule has 1 aromatic carbocycles. The first kappa shape index (κ1) is 17.0. The molecule has 30 heavy (non-hydrogen) atoms. The van der Waals surface area contributed by atoms with Crippen molar-refractivity contribution in [3.05, 3.63) is 77.5 Å². The molecule has 0 spiro atoms. The topological polar surface area (TPSA) is 112 Å². The van der Waals surface area contributed by atoms with Crippen molar-refractivity contribution in [3.63, 3.8) is 0 Å². The molecule has 0 bridgehead atoms. The Morgan fingerprint density at radius 1 is 1.13 bits per heavy atom. The molecule has 0 unspecified atom stereocenters. The van der Waals surface area contributed by atoms with Crippen molar-refractivity contribution < 1.29 is 9.21 Å². The lowest BCUT2D eigenvalue weighted by Gasteiger charge is -2.34. The number of anilines is 2. The van der Waals surface area contributed by atoms with E-state index < -0.39 is 6.04 Å². The van der Waals surface area contributed by atoms with Gasteiger partial charge in [0.2, 0.25) is 11.9 Å². The summed E-state index contributed by atoms with van der Waals surface area (Å²) >= 11 is 0. The zero-order valence-electron chi connectivity index (χ0n) is 15.9. The van der Waals surface area contributed by atoms with Crippen LogP contribution in [0.3, 0.4) is 0 Å². The molecule has 0 fully saturated rings. The third kappa shape index (κ3) is 2.46. The van der Waals surface area contributed by atoms with Crippen LogP contribution in [0.1, 0.15) is 36.1 Å². The van der Waals surface area contributed by atoms with Gasteiger partial charge in [-0.25, -0.2) is 4.68 Å². The quantitative estimate of drug-likeness (QED) is 0.532. The molecule has 4 aromatic rings. The number of furan rings is 1. The Balaban J connectivity index is 1.56. The molecule has 6 rings (SSSR count). The van der Waals surface area contributed by atoms with Crippen molar-refractivity contribution >= 4 is 28.6 Å². The van der Waals surface area contributed by atoms with Gasteiger partial charge in [0, 0.05) is 35.2 Å². The lowest BCUT2D eigenvalue weighted by Crippen LogP contribution is -2.33. The number of allylic oxidation sites excluding steroid dienone is 2. The number of aromatic nitrogens is 4. The van der Waals surface area contributed by atoms with Gasteiger partial charge in [-0.2, -0.15) is 4.98 Å². The van der Waals surface area contributed by atoms with Gasteiger partial charge in [0.15, 0.2) is 5.78 Å². The van der Waals surface area contributed by atoms with E-state index >= 15 is 0 Å². The van der Waals surface area contributed by atoms with Crippen molar-refractivity contribution in [1.29, 1.82) is 0 Å². The second-order valence-electron chi connectivity index (χ2n) is 7.62. The number of para-hydroxylation sites is 1. The zero-order valence-corrected chi connectivity index (χ0v) is 15.9. The molecule has 4 heterocycles. The molecule has 8 nitrogen and oxygen atoms in total. The average molecular weight is 398 g/mol. The van der Waals surface area contributed by atoms with Gasteiger partial charge in [-0.1, -0.05) is 18.2 Å². The van der Waals surface area contributed by atoms with Crippen molar-refractivity contribution in [3.8, 4) is 0 Å². The molecule has 0 amide bonds. The fourth-order valence-corrected chi connectivity index (χ4v) is 4.60. The van der Waals surface area contributed by atoms with Crippen molar-refractivity contribution in [2.24, 2.45) is 0 Å². The third-order valence-corrected chi connectivity index (χ3v) is 5.86. The molecule has 2 atom stereocenters. The second kappa shape index (κ2) is 6.28. The molecule has 0 saturated carbocycles. The number of nitrogen functional groups attached to an aromatic ring is 1. The number of nitrogens with two attached hydrogens (primary N) is 1. The number of hydrogen-bond acceptors (Lipinski definition) is 7. The first-order valence-corrected chi connectivity index (χ1v) is 9.81. The first-order chi connectivity index (χ1) is 14.7. The van der Waals surface area contributed by atoms with Crippen molar-refractivity contribution in [1.82, 2.24) is 19.7 Å². The van der Waals surface area contributed by atoms with Gasteiger partial charge in [-0.3, -0.25) is 9.78 Å². The minimum atomic E-state index is -0.418. The van der Waals surface area contributed by atoms with E-state index in [0.717, 1.165) is 27.9 Å². The van der Waals surface area contributed by atoms with E-state index in [-0.39, 0.29) is 17.6 Å². The summed E-state index contributed by atoms with van der Waals surface area (Å²) in [5.41, 5.74) is 9.28. The number of Topliss-reactive ketones (excluding diaryl/α,β-unsaturated/α-hetero) is 1. The fraction of sp³-hybridized carbons (Fsp3) is 0.182. The third-order valence-electron chi connectivity index (χ3n) is 5.86. The van der Waals surface area contributed by atoms with E-state index in [2.05, 4.69) is 20.4 Å². The fourth-order valence-electron chi connectivity index (χ4n) is 4.60. The van der Waals surface area contributed by atoms with Crippen LogP contribution in [0.25, 0.3) is 10.9 Å². The highest BCUT2D eigenvalue weighted by atomic mass is 16.3. The number of nitrogens with zero attached hydrogens (tertiary/aromatic N) is 4. The van der Waals surface area contributed by atoms with Gasteiger partial charge in [-0.05, 0) is 36.2 Å².